The third kappa shape index (κ3) is 10.3. The molecule has 154 valence electrons. The molecule has 1 aromatic rings. The number of carbonyl (C=O) groups is 2. The van der Waals surface area contributed by atoms with Crippen LogP contribution in [0.15, 0.2) is 40.5 Å². The lowest BCUT2D eigenvalue weighted by Crippen LogP contribution is -2.34. The van der Waals surface area contributed by atoms with Gasteiger partial charge in [0.1, 0.15) is 0 Å². The Labute approximate surface area is 165 Å². The number of carbonyl (C=O) groups excluding carboxylic acids is 2. The maximum atomic E-state index is 11.4. The predicted octanol–water partition coefficient (Wildman–Crippen LogP) is 2.73. The highest BCUT2D eigenvalue weighted by atomic mass is 16.6. The van der Waals surface area contributed by atoms with E-state index in [1.807, 2.05) is 44.2 Å². The number of rotatable bonds is 10. The standard InChI is InChI=1S/C19H29N5O4/c1-5-27-18(25)22-20-15(3)12-24(14-17-10-8-7-9-11-17)13-16(4)21-23-19(26)28-6-2/h7-11H,5-6,12-14H2,1-4H3,(H,22,25)(H,23,26)/b20-15-,21-16-. The van der Waals surface area contributed by atoms with Crippen LogP contribution in [-0.4, -0.2) is 54.8 Å². The lowest BCUT2D eigenvalue weighted by Gasteiger charge is -2.22. The number of hydrazone groups is 2. The molecule has 0 heterocycles. The minimum Gasteiger partial charge on any atom is -0.449 e. The van der Waals surface area contributed by atoms with Crippen LogP contribution in [0.2, 0.25) is 0 Å². The fraction of sp³-hybridized carbons (Fsp3) is 0.474. The van der Waals surface area contributed by atoms with Crippen molar-refractivity contribution < 1.29 is 19.1 Å². The molecule has 0 radical (unpaired) electrons. The zero-order valence-corrected chi connectivity index (χ0v) is 16.9. The third-order valence-corrected chi connectivity index (χ3v) is 3.38. The van der Waals surface area contributed by atoms with Gasteiger partial charge < -0.3 is 9.47 Å². The van der Waals surface area contributed by atoms with Crippen molar-refractivity contribution >= 4 is 23.6 Å². The molecule has 0 saturated carbocycles. The van der Waals surface area contributed by atoms with E-state index in [1.165, 1.54) is 0 Å². The Morgan fingerprint density at radius 2 is 1.36 bits per heavy atom. The molecule has 0 aliphatic heterocycles. The molecule has 2 amide bonds. The lowest BCUT2D eigenvalue weighted by atomic mass is 10.2. The normalized spacial score (nSPS) is 11.9. The topological polar surface area (TPSA) is 105 Å². The Hall–Kier alpha value is -2.94. The molecule has 2 N–H and O–H groups in total. The van der Waals surface area contributed by atoms with E-state index in [4.69, 9.17) is 9.47 Å². The van der Waals surface area contributed by atoms with Gasteiger partial charge in [-0.1, -0.05) is 30.3 Å². The largest absolute Gasteiger partial charge is 0.449 e. The summed E-state index contributed by atoms with van der Waals surface area (Å²) < 4.78 is 9.58. The Bertz CT molecular complexity index is 638. The van der Waals surface area contributed by atoms with Crippen molar-refractivity contribution in [3.63, 3.8) is 0 Å². The lowest BCUT2D eigenvalue weighted by molar-refractivity contribution is 0.151. The molecule has 0 aliphatic rings. The summed E-state index contributed by atoms with van der Waals surface area (Å²) in [7, 11) is 0. The summed E-state index contributed by atoms with van der Waals surface area (Å²) in [4.78, 5) is 24.8. The molecule has 0 atom stereocenters. The highest BCUT2D eigenvalue weighted by molar-refractivity contribution is 5.87. The number of nitrogens with one attached hydrogen (secondary N) is 2. The number of hydrogen-bond acceptors (Lipinski definition) is 7. The van der Waals surface area contributed by atoms with Crippen LogP contribution in [0.25, 0.3) is 0 Å². The number of ether oxygens (including phenoxy) is 2. The summed E-state index contributed by atoms with van der Waals surface area (Å²) in [5.41, 5.74) is 7.25. The average Bonchev–Trinajstić information content (AvgIpc) is 2.66. The van der Waals surface area contributed by atoms with Gasteiger partial charge in [0.05, 0.1) is 13.2 Å². The fourth-order valence-corrected chi connectivity index (χ4v) is 2.34. The van der Waals surface area contributed by atoms with E-state index >= 15 is 0 Å². The summed E-state index contributed by atoms with van der Waals surface area (Å²) in [5, 5.41) is 8.10. The molecule has 9 nitrogen and oxygen atoms in total. The smallest absolute Gasteiger partial charge is 0.427 e. The van der Waals surface area contributed by atoms with Gasteiger partial charge in [0, 0.05) is 31.1 Å². The van der Waals surface area contributed by atoms with Crippen LogP contribution in [0.3, 0.4) is 0 Å². The van der Waals surface area contributed by atoms with E-state index < -0.39 is 12.2 Å². The minimum atomic E-state index is -0.590. The quantitative estimate of drug-likeness (QED) is 0.471. The highest BCUT2D eigenvalue weighted by Crippen LogP contribution is 2.05. The van der Waals surface area contributed by atoms with Gasteiger partial charge >= 0.3 is 12.2 Å². The second-order valence-corrected chi connectivity index (χ2v) is 5.99. The Kier molecular flexibility index (Phi) is 10.9. The SMILES string of the molecule is CCOC(=O)N/N=C(/C)CN(C/C(C)=N\NC(=O)OCC)Cc1ccccc1. The van der Waals surface area contributed by atoms with E-state index in [2.05, 4.69) is 26.0 Å². The van der Waals surface area contributed by atoms with Gasteiger partial charge in [-0.15, -0.1) is 0 Å². The molecule has 9 heteroatoms. The van der Waals surface area contributed by atoms with Crippen LogP contribution in [-0.2, 0) is 16.0 Å². The van der Waals surface area contributed by atoms with Gasteiger partial charge in [0.15, 0.2) is 0 Å². The van der Waals surface area contributed by atoms with Gasteiger partial charge in [-0.3, -0.25) is 4.90 Å². The molecule has 0 unspecified atom stereocenters. The molecule has 0 spiro atoms. The monoisotopic (exact) mass is 391 g/mol. The zero-order chi connectivity index (χ0) is 20.8. The number of hydrogen-bond donors (Lipinski definition) is 2. The second-order valence-electron chi connectivity index (χ2n) is 5.99. The van der Waals surface area contributed by atoms with Crippen molar-refractivity contribution in [3.05, 3.63) is 35.9 Å². The van der Waals surface area contributed by atoms with Crippen molar-refractivity contribution in [2.24, 2.45) is 10.2 Å². The summed E-state index contributed by atoms with van der Waals surface area (Å²) in [6, 6.07) is 9.96. The molecular weight excluding hydrogens is 362 g/mol. The zero-order valence-electron chi connectivity index (χ0n) is 16.9. The Balaban J connectivity index is 2.75. The maximum Gasteiger partial charge on any atom is 0.427 e. The van der Waals surface area contributed by atoms with E-state index in [0.717, 1.165) is 5.56 Å². The van der Waals surface area contributed by atoms with Crippen molar-refractivity contribution in [1.29, 1.82) is 0 Å². The molecule has 0 saturated heterocycles. The van der Waals surface area contributed by atoms with Crippen LogP contribution in [0, 0.1) is 0 Å². The number of amides is 2. The van der Waals surface area contributed by atoms with E-state index in [0.29, 0.717) is 31.1 Å². The Morgan fingerprint density at radius 1 is 0.893 bits per heavy atom. The van der Waals surface area contributed by atoms with Crippen LogP contribution in [0.5, 0.6) is 0 Å². The van der Waals surface area contributed by atoms with E-state index in [-0.39, 0.29) is 13.2 Å². The minimum absolute atomic E-state index is 0.281. The van der Waals surface area contributed by atoms with Gasteiger partial charge in [0.2, 0.25) is 0 Å². The van der Waals surface area contributed by atoms with Crippen LogP contribution in [0.1, 0.15) is 33.3 Å². The second kappa shape index (κ2) is 13.3. The summed E-state index contributed by atoms with van der Waals surface area (Å²) in [5.74, 6) is 0. The molecular formula is C19H29N5O4. The van der Waals surface area contributed by atoms with Crippen LogP contribution >= 0.6 is 0 Å². The first-order valence-corrected chi connectivity index (χ1v) is 9.12. The first-order chi connectivity index (χ1) is 13.4. The van der Waals surface area contributed by atoms with Crippen molar-refractivity contribution in [2.75, 3.05) is 26.3 Å². The van der Waals surface area contributed by atoms with Gasteiger partial charge in [-0.25, -0.2) is 20.4 Å². The molecule has 28 heavy (non-hydrogen) atoms. The number of nitrogens with zero attached hydrogens (tertiary/aromatic N) is 3. The van der Waals surface area contributed by atoms with Gasteiger partial charge in [0.25, 0.3) is 0 Å². The highest BCUT2D eigenvalue weighted by Gasteiger charge is 2.10. The first-order valence-electron chi connectivity index (χ1n) is 9.12. The van der Waals surface area contributed by atoms with E-state index in [1.54, 1.807) is 13.8 Å². The first kappa shape index (κ1) is 23.1. The molecule has 1 rings (SSSR count). The fourth-order valence-electron chi connectivity index (χ4n) is 2.34. The predicted molar refractivity (Wildman–Crippen MR) is 108 cm³/mol. The average molecular weight is 391 g/mol. The molecule has 0 aliphatic carbocycles. The third-order valence-electron chi connectivity index (χ3n) is 3.38. The van der Waals surface area contributed by atoms with Crippen LogP contribution in [0.4, 0.5) is 9.59 Å². The molecule has 0 aromatic heterocycles. The molecule has 1 aromatic carbocycles. The van der Waals surface area contributed by atoms with Gasteiger partial charge in [-0.05, 0) is 33.3 Å². The van der Waals surface area contributed by atoms with Crippen molar-refractivity contribution in [2.45, 2.75) is 34.2 Å². The Morgan fingerprint density at radius 3 is 1.79 bits per heavy atom. The molecule has 0 fully saturated rings. The van der Waals surface area contributed by atoms with Crippen molar-refractivity contribution in [1.82, 2.24) is 15.8 Å². The summed E-state index contributed by atoms with van der Waals surface area (Å²) in [6.07, 6.45) is -1.18. The summed E-state index contributed by atoms with van der Waals surface area (Å²) >= 11 is 0. The molecule has 0 bridgehead atoms. The van der Waals surface area contributed by atoms with E-state index in [9.17, 15) is 9.59 Å². The van der Waals surface area contributed by atoms with Crippen molar-refractivity contribution in [3.8, 4) is 0 Å². The van der Waals surface area contributed by atoms with Gasteiger partial charge in [-0.2, -0.15) is 10.2 Å². The number of benzene rings is 1. The maximum absolute atomic E-state index is 11.4. The van der Waals surface area contributed by atoms with Crippen LogP contribution < -0.4 is 10.9 Å². The summed E-state index contributed by atoms with van der Waals surface area (Å²) in [6.45, 7) is 9.28.